The van der Waals surface area contributed by atoms with E-state index in [4.69, 9.17) is 23.8 Å². The number of allylic oxidation sites excluding steroid dienone is 1. The van der Waals surface area contributed by atoms with Crippen LogP contribution in [0.15, 0.2) is 148 Å². The number of nitrogens with zero attached hydrogens (tertiary/aromatic N) is 3. The molecule has 5 heteroatoms. The van der Waals surface area contributed by atoms with Crippen LogP contribution in [-0.4, -0.2) is 15.0 Å². The molecule has 6 aromatic carbocycles. The van der Waals surface area contributed by atoms with Gasteiger partial charge in [0.25, 0.3) is 0 Å². The van der Waals surface area contributed by atoms with Crippen LogP contribution in [0, 0.1) is 0 Å². The summed E-state index contributed by atoms with van der Waals surface area (Å²) in [5.41, 5.74) is 8.72. The minimum absolute atomic E-state index is 0.588. The fraction of sp³-hybridized carbons (Fsp3) is 0.0465. The molecule has 3 heterocycles. The Kier molecular flexibility index (Phi) is 5.93. The number of aromatic nitrogens is 3. The Labute approximate surface area is 275 Å². The van der Waals surface area contributed by atoms with E-state index in [2.05, 4.69) is 103 Å². The van der Waals surface area contributed by atoms with Gasteiger partial charge in [-0.15, -0.1) is 0 Å². The molecule has 48 heavy (non-hydrogen) atoms. The molecule has 1 aliphatic rings. The first kappa shape index (κ1) is 26.8. The van der Waals surface area contributed by atoms with E-state index in [9.17, 15) is 0 Å². The topological polar surface area (TPSA) is 65.0 Å². The highest BCUT2D eigenvalue weighted by atomic mass is 16.3. The lowest BCUT2D eigenvalue weighted by atomic mass is 9.84. The Balaban J connectivity index is 1.26. The molecule has 0 fully saturated rings. The summed E-state index contributed by atoms with van der Waals surface area (Å²) in [7, 11) is 0. The Hall–Kier alpha value is -6.33. The summed E-state index contributed by atoms with van der Waals surface area (Å²) < 4.78 is 12.8. The lowest BCUT2D eigenvalue weighted by molar-refractivity contribution is 0.547. The number of rotatable bonds is 4. The second-order valence-corrected chi connectivity index (χ2v) is 12.3. The minimum Gasteiger partial charge on any atom is -0.460 e. The van der Waals surface area contributed by atoms with Gasteiger partial charge in [-0.25, -0.2) is 15.0 Å². The van der Waals surface area contributed by atoms with Crippen molar-refractivity contribution in [3.63, 3.8) is 0 Å². The van der Waals surface area contributed by atoms with E-state index in [0.29, 0.717) is 17.5 Å². The third-order valence-corrected chi connectivity index (χ3v) is 9.45. The van der Waals surface area contributed by atoms with Crippen molar-refractivity contribution in [3.05, 3.63) is 162 Å². The molecular formula is C43H27N3O2. The smallest absolute Gasteiger partial charge is 0.165 e. The van der Waals surface area contributed by atoms with Gasteiger partial charge in [0.1, 0.15) is 22.5 Å². The van der Waals surface area contributed by atoms with Gasteiger partial charge in [0.2, 0.25) is 0 Å². The number of hydrogen-bond acceptors (Lipinski definition) is 5. The van der Waals surface area contributed by atoms with Gasteiger partial charge >= 0.3 is 0 Å². The van der Waals surface area contributed by atoms with Gasteiger partial charge in [0, 0.05) is 44.8 Å². The first-order chi connectivity index (χ1) is 23.8. The van der Waals surface area contributed by atoms with Crippen LogP contribution in [0.3, 0.4) is 0 Å². The van der Waals surface area contributed by atoms with Crippen molar-refractivity contribution in [3.8, 4) is 22.8 Å². The molecule has 0 unspecified atom stereocenters. The zero-order chi connectivity index (χ0) is 31.6. The summed E-state index contributed by atoms with van der Waals surface area (Å²) in [5, 5.41) is 5.52. The number of aryl methyl sites for hydroxylation is 1. The van der Waals surface area contributed by atoms with Crippen molar-refractivity contribution in [1.82, 2.24) is 15.0 Å². The van der Waals surface area contributed by atoms with Crippen LogP contribution in [0.4, 0.5) is 0 Å². The van der Waals surface area contributed by atoms with Crippen LogP contribution in [0.1, 0.15) is 29.1 Å². The molecular weight excluding hydrogens is 590 g/mol. The number of para-hydroxylation sites is 2. The van der Waals surface area contributed by atoms with E-state index in [1.54, 1.807) is 0 Å². The fourth-order valence-electron chi connectivity index (χ4n) is 7.17. The molecule has 0 saturated heterocycles. The molecule has 0 atom stereocenters. The predicted molar refractivity (Wildman–Crippen MR) is 192 cm³/mol. The van der Waals surface area contributed by atoms with Crippen molar-refractivity contribution in [2.75, 3.05) is 0 Å². The molecule has 3 aromatic heterocycles. The normalized spacial score (nSPS) is 13.2. The molecule has 9 aromatic rings. The van der Waals surface area contributed by atoms with E-state index < -0.39 is 0 Å². The van der Waals surface area contributed by atoms with Gasteiger partial charge in [0.05, 0.1) is 0 Å². The monoisotopic (exact) mass is 617 g/mol. The van der Waals surface area contributed by atoms with Crippen molar-refractivity contribution < 1.29 is 8.83 Å². The first-order valence-corrected chi connectivity index (χ1v) is 16.2. The Morgan fingerprint density at radius 1 is 0.417 bits per heavy atom. The van der Waals surface area contributed by atoms with Crippen LogP contribution >= 0.6 is 0 Å². The van der Waals surface area contributed by atoms with Crippen LogP contribution in [0.5, 0.6) is 0 Å². The van der Waals surface area contributed by atoms with E-state index in [-0.39, 0.29) is 0 Å². The second kappa shape index (κ2) is 10.6. The van der Waals surface area contributed by atoms with Crippen molar-refractivity contribution in [2.24, 2.45) is 0 Å². The van der Waals surface area contributed by atoms with Crippen LogP contribution < -0.4 is 0 Å². The molecule has 0 amide bonds. The van der Waals surface area contributed by atoms with Gasteiger partial charge in [-0.3, -0.25) is 0 Å². The maximum Gasteiger partial charge on any atom is 0.165 e. The van der Waals surface area contributed by atoms with Gasteiger partial charge < -0.3 is 8.83 Å². The summed E-state index contributed by atoms with van der Waals surface area (Å²) in [6, 6.07) is 47.9. The van der Waals surface area contributed by atoms with Crippen molar-refractivity contribution in [2.45, 2.75) is 12.8 Å². The molecule has 0 bridgehead atoms. The zero-order valence-corrected chi connectivity index (χ0v) is 25.9. The van der Waals surface area contributed by atoms with E-state index in [0.717, 1.165) is 84.7 Å². The molecule has 0 aliphatic heterocycles. The maximum atomic E-state index is 6.46. The van der Waals surface area contributed by atoms with Crippen molar-refractivity contribution >= 4 is 54.8 Å². The quantitative estimate of drug-likeness (QED) is 0.197. The summed E-state index contributed by atoms with van der Waals surface area (Å²) in [5.74, 6) is 2.79. The largest absolute Gasteiger partial charge is 0.460 e. The number of furan rings is 2. The van der Waals surface area contributed by atoms with Crippen LogP contribution in [0.25, 0.3) is 77.6 Å². The molecule has 0 N–H and O–H groups in total. The predicted octanol–water partition coefficient (Wildman–Crippen LogP) is 10.9. The summed E-state index contributed by atoms with van der Waals surface area (Å²) in [6.07, 6.45) is 1.61. The third-order valence-electron chi connectivity index (χ3n) is 9.45. The molecule has 0 spiro atoms. The highest BCUT2D eigenvalue weighted by molar-refractivity contribution is 6.07. The molecule has 10 rings (SSSR count). The fourth-order valence-corrected chi connectivity index (χ4v) is 7.17. The van der Waals surface area contributed by atoms with Crippen LogP contribution in [-0.2, 0) is 6.42 Å². The Bertz CT molecular complexity index is 2740. The van der Waals surface area contributed by atoms with E-state index in [1.807, 2.05) is 36.4 Å². The lowest BCUT2D eigenvalue weighted by Crippen LogP contribution is -2.09. The van der Waals surface area contributed by atoms with E-state index in [1.165, 1.54) is 11.0 Å². The molecule has 5 nitrogen and oxygen atoms in total. The number of fused-ring (bicyclic) bond motifs is 7. The third kappa shape index (κ3) is 4.28. The Morgan fingerprint density at radius 3 is 1.88 bits per heavy atom. The summed E-state index contributed by atoms with van der Waals surface area (Å²) in [6.45, 7) is 0. The Morgan fingerprint density at radius 2 is 1.04 bits per heavy atom. The highest BCUT2D eigenvalue weighted by Gasteiger charge is 2.29. The van der Waals surface area contributed by atoms with Crippen molar-refractivity contribution in [1.29, 1.82) is 0 Å². The summed E-state index contributed by atoms with van der Waals surface area (Å²) in [4.78, 5) is 15.7. The number of benzene rings is 6. The molecule has 1 aliphatic carbocycles. The average molecular weight is 618 g/mol. The maximum absolute atomic E-state index is 6.46. The zero-order valence-electron chi connectivity index (χ0n) is 25.9. The second-order valence-electron chi connectivity index (χ2n) is 12.3. The summed E-state index contributed by atoms with van der Waals surface area (Å²) >= 11 is 0. The molecule has 226 valence electrons. The molecule has 0 saturated carbocycles. The van der Waals surface area contributed by atoms with Gasteiger partial charge in [-0.05, 0) is 58.7 Å². The highest BCUT2D eigenvalue weighted by Crippen LogP contribution is 2.45. The van der Waals surface area contributed by atoms with Gasteiger partial charge in [-0.1, -0.05) is 109 Å². The average Bonchev–Trinajstić information content (AvgIpc) is 3.72. The lowest BCUT2D eigenvalue weighted by Gasteiger charge is -2.21. The minimum atomic E-state index is 0.588. The van der Waals surface area contributed by atoms with Crippen LogP contribution in [0.2, 0.25) is 0 Å². The van der Waals surface area contributed by atoms with E-state index >= 15 is 0 Å². The first-order valence-electron chi connectivity index (χ1n) is 16.2. The van der Waals surface area contributed by atoms with Gasteiger partial charge in [-0.2, -0.15) is 0 Å². The van der Waals surface area contributed by atoms with Gasteiger partial charge in [0.15, 0.2) is 17.5 Å². The standard InChI is InChI=1S/C43H27N3O2/c1-2-11-27(12-3-1)31-22-23-37-39(34-15-7-9-17-36(34)47-37)40(31)43-45-41(29-19-18-26-10-4-5-13-28(26)24-29)44-42(46-43)30-20-21-33-32-14-6-8-16-35(32)48-38(33)25-30/h1-21,24-25H,22-23H2. The number of hydrogen-bond donors (Lipinski definition) is 0. The molecule has 0 radical (unpaired) electrons. The SMILES string of the molecule is c1ccc(C2=C(c3nc(-c4ccc5ccccc5c4)nc(-c4ccc5c(c4)oc4ccccc45)n3)c3c(oc4ccccc34)CC2)cc1.